The normalized spacial score (nSPS) is 10.0. The molecule has 0 spiro atoms. The standard InChI is InChI=1S/C21H23N3O10/c1-30-13-5-6-14(15(9-13)24(28)29)23-18(25)11-34-19(26)10-22-21(27)12-7-16(31-2)20(33-4)17(8-12)32-3/h5-9H,10-11H2,1-4H3,(H,22,27)(H,23,25). The van der Waals surface area contributed by atoms with Crippen LogP contribution in [0.25, 0.3) is 0 Å². The Hall–Kier alpha value is -4.55. The molecule has 34 heavy (non-hydrogen) atoms. The van der Waals surface area contributed by atoms with Crippen LogP contribution in [0.3, 0.4) is 0 Å². The van der Waals surface area contributed by atoms with Crippen LogP contribution >= 0.6 is 0 Å². The van der Waals surface area contributed by atoms with E-state index in [1.165, 1.54) is 52.7 Å². The number of benzene rings is 2. The molecule has 2 rings (SSSR count). The number of nitro groups is 1. The third kappa shape index (κ3) is 6.48. The van der Waals surface area contributed by atoms with Crippen molar-refractivity contribution in [1.82, 2.24) is 5.32 Å². The maximum absolute atomic E-state index is 12.4. The number of amides is 2. The lowest BCUT2D eigenvalue weighted by molar-refractivity contribution is -0.384. The Morgan fingerprint density at radius 3 is 2.12 bits per heavy atom. The minimum absolute atomic E-state index is 0.0949. The van der Waals surface area contributed by atoms with Crippen molar-refractivity contribution in [3.05, 3.63) is 46.0 Å². The summed E-state index contributed by atoms with van der Waals surface area (Å²) in [5, 5.41) is 15.8. The number of nitrogens with zero attached hydrogens (tertiary/aromatic N) is 1. The molecule has 2 N–H and O–H groups in total. The molecule has 0 radical (unpaired) electrons. The maximum atomic E-state index is 12.4. The van der Waals surface area contributed by atoms with Crippen LogP contribution < -0.4 is 29.6 Å². The first kappa shape index (κ1) is 25.7. The summed E-state index contributed by atoms with van der Waals surface area (Å²) in [4.78, 5) is 46.8. The summed E-state index contributed by atoms with van der Waals surface area (Å²) in [5.41, 5.74) is -0.356. The zero-order chi connectivity index (χ0) is 25.3. The van der Waals surface area contributed by atoms with Crippen LogP contribution in [0, 0.1) is 10.1 Å². The van der Waals surface area contributed by atoms with Crippen molar-refractivity contribution in [1.29, 1.82) is 0 Å². The number of nitro benzene ring substituents is 1. The van der Waals surface area contributed by atoms with Crippen LogP contribution in [0.5, 0.6) is 23.0 Å². The van der Waals surface area contributed by atoms with Gasteiger partial charge in [-0.3, -0.25) is 24.5 Å². The van der Waals surface area contributed by atoms with Crippen LogP contribution in [0.15, 0.2) is 30.3 Å². The Morgan fingerprint density at radius 2 is 1.59 bits per heavy atom. The van der Waals surface area contributed by atoms with Gasteiger partial charge in [-0.15, -0.1) is 0 Å². The van der Waals surface area contributed by atoms with Crippen molar-refractivity contribution in [2.24, 2.45) is 0 Å². The fourth-order valence-electron chi connectivity index (χ4n) is 2.75. The number of hydrogen-bond acceptors (Lipinski definition) is 10. The predicted octanol–water partition coefficient (Wildman–Crippen LogP) is 1.54. The fourth-order valence-corrected chi connectivity index (χ4v) is 2.75. The van der Waals surface area contributed by atoms with Gasteiger partial charge in [-0.25, -0.2) is 0 Å². The average Bonchev–Trinajstić information content (AvgIpc) is 2.84. The highest BCUT2D eigenvalue weighted by molar-refractivity contribution is 5.98. The van der Waals surface area contributed by atoms with Gasteiger partial charge in [0.1, 0.15) is 18.0 Å². The number of anilines is 1. The van der Waals surface area contributed by atoms with Crippen LogP contribution in [0.1, 0.15) is 10.4 Å². The highest BCUT2D eigenvalue weighted by atomic mass is 16.6. The van der Waals surface area contributed by atoms with Crippen molar-refractivity contribution >= 4 is 29.2 Å². The van der Waals surface area contributed by atoms with E-state index in [1.54, 1.807) is 0 Å². The Labute approximate surface area is 194 Å². The smallest absolute Gasteiger partial charge is 0.325 e. The van der Waals surface area contributed by atoms with E-state index in [-0.39, 0.29) is 28.5 Å². The molecule has 0 unspecified atom stereocenters. The lowest BCUT2D eigenvalue weighted by atomic mass is 10.1. The molecule has 2 aromatic rings. The molecular formula is C21H23N3O10. The SMILES string of the molecule is COc1ccc(NC(=O)COC(=O)CNC(=O)c2cc(OC)c(OC)c(OC)c2)c([N+](=O)[O-])c1. The molecule has 0 atom stereocenters. The highest BCUT2D eigenvalue weighted by Crippen LogP contribution is 2.38. The number of hydrogen-bond donors (Lipinski definition) is 2. The van der Waals surface area contributed by atoms with Crippen LogP contribution in [-0.4, -0.2) is 64.3 Å². The second kappa shape index (κ2) is 11.9. The third-order valence-electron chi connectivity index (χ3n) is 4.36. The number of methoxy groups -OCH3 is 4. The molecule has 0 heterocycles. The predicted molar refractivity (Wildman–Crippen MR) is 118 cm³/mol. The zero-order valence-electron chi connectivity index (χ0n) is 18.8. The number of carbonyl (C=O) groups excluding carboxylic acids is 3. The van der Waals surface area contributed by atoms with Crippen molar-refractivity contribution in [2.45, 2.75) is 0 Å². The van der Waals surface area contributed by atoms with Gasteiger partial charge >= 0.3 is 5.97 Å². The monoisotopic (exact) mass is 477 g/mol. The van der Waals surface area contributed by atoms with E-state index in [1.807, 2.05) is 0 Å². The molecule has 0 aliphatic carbocycles. The second-order valence-electron chi connectivity index (χ2n) is 6.45. The van der Waals surface area contributed by atoms with Gasteiger partial charge in [0, 0.05) is 5.56 Å². The van der Waals surface area contributed by atoms with Crippen LogP contribution in [0.2, 0.25) is 0 Å². The van der Waals surface area contributed by atoms with Gasteiger partial charge in [-0.05, 0) is 24.3 Å². The summed E-state index contributed by atoms with van der Waals surface area (Å²) in [6.07, 6.45) is 0. The van der Waals surface area contributed by atoms with E-state index >= 15 is 0 Å². The first-order chi connectivity index (χ1) is 16.2. The molecule has 2 aromatic carbocycles. The molecule has 0 fully saturated rings. The summed E-state index contributed by atoms with van der Waals surface area (Å²) in [5.74, 6) is -1.31. The largest absolute Gasteiger partial charge is 0.496 e. The number of ether oxygens (including phenoxy) is 5. The first-order valence-electron chi connectivity index (χ1n) is 9.60. The number of carbonyl (C=O) groups is 3. The van der Waals surface area contributed by atoms with E-state index in [4.69, 9.17) is 23.7 Å². The molecule has 0 aliphatic heterocycles. The molecule has 0 bridgehead atoms. The van der Waals surface area contributed by atoms with Gasteiger partial charge < -0.3 is 34.3 Å². The van der Waals surface area contributed by atoms with E-state index in [0.29, 0.717) is 5.75 Å². The van der Waals surface area contributed by atoms with Gasteiger partial charge in [-0.2, -0.15) is 0 Å². The van der Waals surface area contributed by atoms with Crippen molar-refractivity contribution in [3.63, 3.8) is 0 Å². The Balaban J connectivity index is 1.92. The zero-order valence-corrected chi connectivity index (χ0v) is 18.8. The van der Waals surface area contributed by atoms with Crippen LogP contribution in [0.4, 0.5) is 11.4 Å². The number of nitrogens with one attached hydrogen (secondary N) is 2. The van der Waals surface area contributed by atoms with Gasteiger partial charge in [0.2, 0.25) is 5.75 Å². The Bertz CT molecular complexity index is 1060. The molecule has 182 valence electrons. The minimum atomic E-state index is -0.903. The number of esters is 1. The van der Waals surface area contributed by atoms with E-state index in [0.717, 1.165) is 6.07 Å². The topological polar surface area (TPSA) is 165 Å². The van der Waals surface area contributed by atoms with Crippen molar-refractivity contribution in [3.8, 4) is 23.0 Å². The van der Waals surface area contributed by atoms with Crippen molar-refractivity contribution < 1.29 is 43.0 Å². The Kier molecular flexibility index (Phi) is 9.00. The molecule has 2 amide bonds. The maximum Gasteiger partial charge on any atom is 0.325 e. The van der Waals surface area contributed by atoms with E-state index in [9.17, 15) is 24.5 Å². The van der Waals surface area contributed by atoms with Gasteiger partial charge in [0.05, 0.1) is 39.4 Å². The van der Waals surface area contributed by atoms with E-state index in [2.05, 4.69) is 10.6 Å². The van der Waals surface area contributed by atoms with Crippen LogP contribution in [-0.2, 0) is 14.3 Å². The summed E-state index contributed by atoms with van der Waals surface area (Å²) >= 11 is 0. The highest BCUT2D eigenvalue weighted by Gasteiger charge is 2.20. The van der Waals surface area contributed by atoms with Gasteiger partial charge in [0.15, 0.2) is 18.1 Å². The molecule has 13 nitrogen and oxygen atoms in total. The molecule has 0 aromatic heterocycles. The van der Waals surface area contributed by atoms with Gasteiger partial charge in [0.25, 0.3) is 17.5 Å². The van der Waals surface area contributed by atoms with E-state index < -0.39 is 41.5 Å². The first-order valence-corrected chi connectivity index (χ1v) is 9.60. The van der Waals surface area contributed by atoms with Gasteiger partial charge in [-0.1, -0.05) is 0 Å². The summed E-state index contributed by atoms with van der Waals surface area (Å²) in [6, 6.07) is 6.65. The number of rotatable bonds is 11. The lowest BCUT2D eigenvalue weighted by Crippen LogP contribution is -2.32. The second-order valence-corrected chi connectivity index (χ2v) is 6.45. The molecular weight excluding hydrogens is 454 g/mol. The Morgan fingerprint density at radius 1 is 0.941 bits per heavy atom. The summed E-state index contributed by atoms with van der Waals surface area (Å²) in [7, 11) is 5.54. The summed E-state index contributed by atoms with van der Waals surface area (Å²) < 4.78 is 25.3. The average molecular weight is 477 g/mol. The molecule has 0 saturated heterocycles. The molecule has 0 saturated carbocycles. The summed E-state index contributed by atoms with van der Waals surface area (Å²) in [6.45, 7) is -1.26. The molecule has 13 heteroatoms. The van der Waals surface area contributed by atoms with Crippen molar-refractivity contribution in [2.75, 3.05) is 46.9 Å². The quantitative estimate of drug-likeness (QED) is 0.275. The minimum Gasteiger partial charge on any atom is -0.496 e. The lowest BCUT2D eigenvalue weighted by Gasteiger charge is -2.14. The fraction of sp³-hybridized carbons (Fsp3) is 0.286. The molecule has 0 aliphatic rings. The third-order valence-corrected chi connectivity index (χ3v) is 4.36.